The van der Waals surface area contributed by atoms with Gasteiger partial charge in [0.15, 0.2) is 0 Å². The minimum atomic E-state index is -0.0366. The van der Waals surface area contributed by atoms with Crippen molar-refractivity contribution in [1.29, 1.82) is 0 Å². The smallest absolute Gasteiger partial charge is 0.229 e. The summed E-state index contributed by atoms with van der Waals surface area (Å²) in [6, 6.07) is 9.49. The van der Waals surface area contributed by atoms with Gasteiger partial charge in [0.2, 0.25) is 5.91 Å². The first kappa shape index (κ1) is 13.7. The highest BCUT2D eigenvalue weighted by molar-refractivity contribution is 5.91. The van der Waals surface area contributed by atoms with E-state index in [2.05, 4.69) is 10.4 Å². The third-order valence-corrected chi connectivity index (χ3v) is 3.69. The van der Waals surface area contributed by atoms with Crippen molar-refractivity contribution in [2.45, 2.75) is 25.2 Å². The van der Waals surface area contributed by atoms with Gasteiger partial charge in [0.1, 0.15) is 11.6 Å². The Bertz CT molecular complexity index is 642. The quantitative estimate of drug-likeness (QED) is 0.918. The molecule has 0 aliphatic heterocycles. The molecule has 0 saturated heterocycles. The predicted molar refractivity (Wildman–Crippen MR) is 80.5 cm³/mol. The van der Waals surface area contributed by atoms with Crippen molar-refractivity contribution in [2.24, 2.45) is 7.05 Å². The molecule has 0 atom stereocenters. The molecular weight excluding hydrogens is 266 g/mol. The molecule has 0 spiro atoms. The molecule has 1 saturated carbocycles. The second kappa shape index (κ2) is 5.60. The Hall–Kier alpha value is -2.30. The lowest BCUT2D eigenvalue weighted by Crippen LogP contribution is -2.16. The molecule has 3 rings (SSSR count). The number of rotatable bonds is 5. The van der Waals surface area contributed by atoms with Crippen LogP contribution in [0, 0.1) is 0 Å². The zero-order chi connectivity index (χ0) is 14.8. The molecule has 0 unspecified atom stereocenters. The van der Waals surface area contributed by atoms with E-state index in [0.29, 0.717) is 12.3 Å². The van der Waals surface area contributed by atoms with Crippen molar-refractivity contribution >= 4 is 11.7 Å². The van der Waals surface area contributed by atoms with Crippen molar-refractivity contribution in [3.63, 3.8) is 0 Å². The highest BCUT2D eigenvalue weighted by Crippen LogP contribution is 2.39. The van der Waals surface area contributed by atoms with E-state index in [1.807, 2.05) is 37.4 Å². The molecule has 1 heterocycles. The molecule has 1 amide bonds. The molecular formula is C16H19N3O2. The highest BCUT2D eigenvalue weighted by Gasteiger charge is 2.27. The molecule has 21 heavy (non-hydrogen) atoms. The number of hydrogen-bond donors (Lipinski definition) is 1. The zero-order valence-electron chi connectivity index (χ0n) is 12.3. The number of carbonyl (C=O) groups excluding carboxylic acids is 1. The molecule has 5 nitrogen and oxygen atoms in total. The summed E-state index contributed by atoms with van der Waals surface area (Å²) in [4.78, 5) is 12.1. The van der Waals surface area contributed by atoms with Crippen LogP contribution >= 0.6 is 0 Å². The molecule has 1 N–H and O–H groups in total. The van der Waals surface area contributed by atoms with Crippen LogP contribution in [0.2, 0.25) is 0 Å². The van der Waals surface area contributed by atoms with E-state index >= 15 is 0 Å². The number of aromatic nitrogens is 2. The van der Waals surface area contributed by atoms with Gasteiger partial charge in [-0.3, -0.25) is 9.48 Å². The van der Waals surface area contributed by atoms with Crippen LogP contribution in [-0.4, -0.2) is 22.8 Å². The van der Waals surface area contributed by atoms with Gasteiger partial charge in [-0.2, -0.15) is 5.10 Å². The summed E-state index contributed by atoms with van der Waals surface area (Å²) in [6.07, 6.45) is 2.75. The molecule has 1 aromatic heterocycles. The van der Waals surface area contributed by atoms with Gasteiger partial charge in [0, 0.05) is 19.0 Å². The number of nitrogens with one attached hydrogen (secondary N) is 1. The largest absolute Gasteiger partial charge is 0.497 e. The van der Waals surface area contributed by atoms with Crippen molar-refractivity contribution in [3.8, 4) is 5.75 Å². The maximum absolute atomic E-state index is 12.1. The fourth-order valence-electron chi connectivity index (χ4n) is 2.30. The maximum atomic E-state index is 12.1. The number of amides is 1. The molecule has 1 aliphatic carbocycles. The summed E-state index contributed by atoms with van der Waals surface area (Å²) >= 11 is 0. The van der Waals surface area contributed by atoms with Gasteiger partial charge in [-0.25, -0.2) is 0 Å². The van der Waals surface area contributed by atoms with E-state index in [1.54, 1.807) is 11.8 Å². The van der Waals surface area contributed by atoms with Crippen LogP contribution in [0.5, 0.6) is 5.75 Å². The summed E-state index contributed by atoms with van der Waals surface area (Å²) in [5.41, 5.74) is 2.04. The maximum Gasteiger partial charge on any atom is 0.229 e. The fourth-order valence-corrected chi connectivity index (χ4v) is 2.30. The molecule has 1 fully saturated rings. The van der Waals surface area contributed by atoms with Crippen LogP contribution in [0.1, 0.15) is 30.0 Å². The van der Waals surface area contributed by atoms with Crippen LogP contribution in [0.15, 0.2) is 30.3 Å². The lowest BCUT2D eigenvalue weighted by molar-refractivity contribution is -0.115. The van der Waals surface area contributed by atoms with Gasteiger partial charge in [0.25, 0.3) is 0 Å². The number of nitrogens with zero attached hydrogens (tertiary/aromatic N) is 2. The lowest BCUT2D eigenvalue weighted by atomic mass is 10.1. The molecule has 2 aromatic rings. The van der Waals surface area contributed by atoms with E-state index < -0.39 is 0 Å². The Balaban J connectivity index is 1.62. The average Bonchev–Trinajstić information content (AvgIpc) is 3.26. The standard InChI is InChI=1S/C16H19N3O2/c1-19-15(10-14(18-19)12-5-6-12)17-16(20)9-11-3-7-13(21-2)8-4-11/h3-4,7-8,10,12H,5-6,9H2,1-2H3,(H,17,20). The van der Waals surface area contributed by atoms with Gasteiger partial charge in [-0.15, -0.1) is 0 Å². The zero-order valence-corrected chi connectivity index (χ0v) is 12.3. The third-order valence-electron chi connectivity index (χ3n) is 3.69. The average molecular weight is 285 g/mol. The minimum absolute atomic E-state index is 0.0366. The Kier molecular flexibility index (Phi) is 3.64. The number of benzene rings is 1. The number of ether oxygens (including phenoxy) is 1. The Morgan fingerprint density at radius 3 is 2.71 bits per heavy atom. The fraction of sp³-hybridized carbons (Fsp3) is 0.375. The molecule has 1 aliphatic rings. The van der Waals surface area contributed by atoms with E-state index in [9.17, 15) is 4.79 Å². The van der Waals surface area contributed by atoms with Gasteiger partial charge in [0.05, 0.1) is 19.2 Å². The Morgan fingerprint density at radius 1 is 1.38 bits per heavy atom. The normalized spacial score (nSPS) is 14.0. The summed E-state index contributed by atoms with van der Waals surface area (Å²) in [5, 5.41) is 7.36. The van der Waals surface area contributed by atoms with E-state index in [1.165, 1.54) is 12.8 Å². The predicted octanol–water partition coefficient (Wildman–Crippen LogP) is 2.49. The van der Waals surface area contributed by atoms with Crippen molar-refractivity contribution in [3.05, 3.63) is 41.6 Å². The number of methoxy groups -OCH3 is 1. The molecule has 0 radical (unpaired) electrons. The van der Waals surface area contributed by atoms with Gasteiger partial charge >= 0.3 is 0 Å². The summed E-state index contributed by atoms with van der Waals surface area (Å²) in [5.74, 6) is 2.10. The monoisotopic (exact) mass is 285 g/mol. The van der Waals surface area contributed by atoms with E-state index in [0.717, 1.165) is 22.8 Å². The van der Waals surface area contributed by atoms with E-state index in [-0.39, 0.29) is 5.91 Å². The lowest BCUT2D eigenvalue weighted by Gasteiger charge is -2.06. The molecule has 110 valence electrons. The number of carbonyl (C=O) groups is 1. The second-order valence-corrected chi connectivity index (χ2v) is 5.43. The minimum Gasteiger partial charge on any atom is -0.497 e. The molecule has 0 bridgehead atoms. The van der Waals surface area contributed by atoms with Crippen LogP contribution < -0.4 is 10.1 Å². The Labute approximate surface area is 123 Å². The van der Waals surface area contributed by atoms with Crippen LogP contribution in [0.25, 0.3) is 0 Å². The number of hydrogen-bond acceptors (Lipinski definition) is 3. The van der Waals surface area contributed by atoms with E-state index in [4.69, 9.17) is 4.74 Å². The third kappa shape index (κ3) is 3.24. The van der Waals surface area contributed by atoms with Crippen LogP contribution in [0.3, 0.4) is 0 Å². The first-order chi connectivity index (χ1) is 10.2. The SMILES string of the molecule is COc1ccc(CC(=O)Nc2cc(C3CC3)nn2C)cc1. The van der Waals surface area contributed by atoms with Crippen LogP contribution in [0.4, 0.5) is 5.82 Å². The summed E-state index contributed by atoms with van der Waals surface area (Å²) in [6.45, 7) is 0. The first-order valence-corrected chi connectivity index (χ1v) is 7.12. The van der Waals surface area contributed by atoms with Crippen molar-refractivity contribution in [2.75, 3.05) is 12.4 Å². The highest BCUT2D eigenvalue weighted by atomic mass is 16.5. The molecule has 1 aromatic carbocycles. The number of aryl methyl sites for hydroxylation is 1. The van der Waals surface area contributed by atoms with Gasteiger partial charge in [-0.05, 0) is 30.5 Å². The van der Waals surface area contributed by atoms with Crippen molar-refractivity contribution in [1.82, 2.24) is 9.78 Å². The Morgan fingerprint density at radius 2 is 2.10 bits per heavy atom. The topological polar surface area (TPSA) is 56.1 Å². The van der Waals surface area contributed by atoms with Crippen molar-refractivity contribution < 1.29 is 9.53 Å². The number of anilines is 1. The summed E-state index contributed by atoms with van der Waals surface area (Å²) < 4.78 is 6.84. The second-order valence-electron chi connectivity index (χ2n) is 5.43. The van der Waals surface area contributed by atoms with Gasteiger partial charge < -0.3 is 10.1 Å². The first-order valence-electron chi connectivity index (χ1n) is 7.12. The van der Waals surface area contributed by atoms with Gasteiger partial charge in [-0.1, -0.05) is 12.1 Å². The van der Waals surface area contributed by atoms with Crippen LogP contribution in [-0.2, 0) is 18.3 Å². The molecule has 5 heteroatoms. The summed E-state index contributed by atoms with van der Waals surface area (Å²) in [7, 11) is 3.48.